The lowest BCUT2D eigenvalue weighted by Gasteiger charge is -2.10. The highest BCUT2D eigenvalue weighted by atomic mass is 16.5. The Hall–Kier alpha value is -1.97. The van der Waals surface area contributed by atoms with E-state index in [1.165, 1.54) is 6.07 Å². The Morgan fingerprint density at radius 2 is 2.06 bits per heavy atom. The van der Waals surface area contributed by atoms with Crippen LogP contribution < -0.4 is 15.1 Å². The Kier molecular flexibility index (Phi) is 3.55. The highest BCUT2D eigenvalue weighted by Gasteiger charge is 2.08. The van der Waals surface area contributed by atoms with Crippen molar-refractivity contribution in [3.05, 3.63) is 34.7 Å². The molecule has 4 nitrogen and oxygen atoms in total. The van der Waals surface area contributed by atoms with Crippen molar-refractivity contribution in [3.8, 4) is 11.5 Å². The minimum absolute atomic E-state index is 0.394. The second-order valence-electron chi connectivity index (χ2n) is 4.50. The first kappa shape index (κ1) is 12.5. The van der Waals surface area contributed by atoms with Gasteiger partial charge in [-0.2, -0.15) is 0 Å². The first-order chi connectivity index (χ1) is 8.60. The van der Waals surface area contributed by atoms with Crippen LogP contribution in [0.2, 0.25) is 0 Å². The van der Waals surface area contributed by atoms with Crippen LogP contribution in [0.25, 0.3) is 11.0 Å². The number of methoxy groups -OCH3 is 1. The summed E-state index contributed by atoms with van der Waals surface area (Å²) in [6, 6.07) is 6.69. The maximum atomic E-state index is 11.5. The van der Waals surface area contributed by atoms with E-state index in [0.717, 1.165) is 5.39 Å². The van der Waals surface area contributed by atoms with Crippen LogP contribution in [0, 0.1) is 5.92 Å². The summed E-state index contributed by atoms with van der Waals surface area (Å²) in [6.45, 7) is 4.66. The van der Waals surface area contributed by atoms with Gasteiger partial charge in [-0.25, -0.2) is 4.79 Å². The minimum atomic E-state index is -0.422. The van der Waals surface area contributed by atoms with E-state index in [1.54, 1.807) is 13.2 Å². The van der Waals surface area contributed by atoms with Gasteiger partial charge in [0.25, 0.3) is 0 Å². The second kappa shape index (κ2) is 5.12. The Bertz CT molecular complexity index is 598. The largest absolute Gasteiger partial charge is 0.497 e. The molecule has 0 saturated heterocycles. The van der Waals surface area contributed by atoms with Crippen LogP contribution >= 0.6 is 0 Å². The molecule has 1 heterocycles. The summed E-state index contributed by atoms with van der Waals surface area (Å²) in [5, 5.41) is 0.774. The maximum Gasteiger partial charge on any atom is 0.339 e. The lowest BCUT2D eigenvalue weighted by molar-refractivity contribution is 0.272. The van der Waals surface area contributed by atoms with Crippen molar-refractivity contribution in [2.45, 2.75) is 13.8 Å². The average molecular weight is 248 g/mol. The van der Waals surface area contributed by atoms with E-state index >= 15 is 0 Å². The normalized spacial score (nSPS) is 10.9. The molecule has 0 radical (unpaired) electrons. The number of rotatable bonds is 4. The molecule has 0 amide bonds. The predicted octanol–water partition coefficient (Wildman–Crippen LogP) is 2.84. The fourth-order valence-corrected chi connectivity index (χ4v) is 1.62. The highest BCUT2D eigenvalue weighted by Crippen LogP contribution is 2.27. The van der Waals surface area contributed by atoms with Crippen molar-refractivity contribution in [1.29, 1.82) is 0 Å². The molecule has 0 bridgehead atoms. The van der Waals surface area contributed by atoms with Crippen molar-refractivity contribution in [2.75, 3.05) is 13.7 Å². The van der Waals surface area contributed by atoms with Crippen molar-refractivity contribution in [2.24, 2.45) is 5.92 Å². The molecule has 0 saturated carbocycles. The minimum Gasteiger partial charge on any atom is -0.497 e. The lowest BCUT2D eigenvalue weighted by Crippen LogP contribution is -2.07. The molecule has 2 rings (SSSR count). The van der Waals surface area contributed by atoms with Crippen LogP contribution in [0.15, 0.2) is 33.5 Å². The number of benzene rings is 1. The molecule has 0 N–H and O–H groups in total. The third-order valence-electron chi connectivity index (χ3n) is 2.49. The fraction of sp³-hybridized carbons (Fsp3) is 0.357. The van der Waals surface area contributed by atoms with Crippen LogP contribution in [0.1, 0.15) is 13.8 Å². The fourth-order valence-electron chi connectivity index (χ4n) is 1.62. The van der Waals surface area contributed by atoms with Gasteiger partial charge in [0.15, 0.2) is 0 Å². The Morgan fingerprint density at radius 1 is 1.28 bits per heavy atom. The molecule has 0 fully saturated rings. The summed E-state index contributed by atoms with van der Waals surface area (Å²) >= 11 is 0. The van der Waals surface area contributed by atoms with Gasteiger partial charge in [0, 0.05) is 6.07 Å². The number of ether oxygens (including phenoxy) is 2. The summed E-state index contributed by atoms with van der Waals surface area (Å²) < 4.78 is 15.9. The standard InChI is InChI=1S/C14H16O4/c1-9(2)8-17-12-7-14(15)18-13-6-10(16-3)4-5-11(12)13/h4-7,9H,8H2,1-3H3. The summed E-state index contributed by atoms with van der Waals surface area (Å²) in [4.78, 5) is 11.5. The highest BCUT2D eigenvalue weighted by molar-refractivity contribution is 5.84. The van der Waals surface area contributed by atoms with Crippen LogP contribution in [-0.2, 0) is 0 Å². The number of hydrogen-bond donors (Lipinski definition) is 0. The van der Waals surface area contributed by atoms with Crippen molar-refractivity contribution < 1.29 is 13.9 Å². The summed E-state index contributed by atoms with van der Waals surface area (Å²) in [7, 11) is 1.57. The zero-order valence-corrected chi connectivity index (χ0v) is 10.7. The molecule has 0 aliphatic heterocycles. The summed E-state index contributed by atoms with van der Waals surface area (Å²) in [6.07, 6.45) is 0. The van der Waals surface area contributed by atoms with Gasteiger partial charge in [-0.3, -0.25) is 0 Å². The zero-order valence-electron chi connectivity index (χ0n) is 10.7. The molecule has 1 aromatic carbocycles. The van der Waals surface area contributed by atoms with Crippen molar-refractivity contribution >= 4 is 11.0 Å². The maximum absolute atomic E-state index is 11.5. The smallest absolute Gasteiger partial charge is 0.339 e. The predicted molar refractivity (Wildman–Crippen MR) is 69.4 cm³/mol. The van der Waals surface area contributed by atoms with Gasteiger partial charge in [-0.05, 0) is 18.1 Å². The van der Waals surface area contributed by atoms with Crippen LogP contribution in [-0.4, -0.2) is 13.7 Å². The van der Waals surface area contributed by atoms with Gasteiger partial charge in [-0.15, -0.1) is 0 Å². The van der Waals surface area contributed by atoms with Crippen molar-refractivity contribution in [3.63, 3.8) is 0 Å². The molecule has 96 valence electrons. The lowest BCUT2D eigenvalue weighted by atomic mass is 10.2. The molecule has 0 aliphatic rings. The molecule has 0 aliphatic carbocycles. The van der Waals surface area contributed by atoms with Gasteiger partial charge in [-0.1, -0.05) is 13.8 Å². The van der Waals surface area contributed by atoms with E-state index in [2.05, 4.69) is 13.8 Å². The van der Waals surface area contributed by atoms with E-state index in [4.69, 9.17) is 13.9 Å². The third-order valence-corrected chi connectivity index (χ3v) is 2.49. The molecule has 2 aromatic rings. The molecule has 18 heavy (non-hydrogen) atoms. The Balaban J connectivity index is 2.48. The molecule has 0 unspecified atom stereocenters. The quantitative estimate of drug-likeness (QED) is 0.781. The number of hydrogen-bond acceptors (Lipinski definition) is 4. The molecule has 4 heteroatoms. The van der Waals surface area contributed by atoms with E-state index in [-0.39, 0.29) is 0 Å². The third kappa shape index (κ3) is 2.64. The van der Waals surface area contributed by atoms with Crippen molar-refractivity contribution in [1.82, 2.24) is 0 Å². The van der Waals surface area contributed by atoms with Gasteiger partial charge in [0.1, 0.15) is 17.1 Å². The first-order valence-electron chi connectivity index (χ1n) is 5.85. The van der Waals surface area contributed by atoms with Gasteiger partial charge >= 0.3 is 5.63 Å². The Morgan fingerprint density at radius 3 is 2.72 bits per heavy atom. The van der Waals surface area contributed by atoms with E-state index < -0.39 is 5.63 Å². The molecule has 1 aromatic heterocycles. The van der Waals surface area contributed by atoms with E-state index in [1.807, 2.05) is 12.1 Å². The SMILES string of the molecule is COc1ccc2c(OCC(C)C)cc(=O)oc2c1. The molecular weight excluding hydrogens is 232 g/mol. The Labute approximate surface area is 105 Å². The number of fused-ring (bicyclic) bond motifs is 1. The summed E-state index contributed by atoms with van der Waals surface area (Å²) in [5.74, 6) is 1.59. The van der Waals surface area contributed by atoms with Gasteiger partial charge in [0.2, 0.25) is 0 Å². The van der Waals surface area contributed by atoms with Gasteiger partial charge in [0.05, 0.1) is 25.2 Å². The second-order valence-corrected chi connectivity index (χ2v) is 4.50. The van der Waals surface area contributed by atoms with E-state index in [0.29, 0.717) is 29.6 Å². The van der Waals surface area contributed by atoms with Crippen LogP contribution in [0.4, 0.5) is 0 Å². The molecular formula is C14H16O4. The van der Waals surface area contributed by atoms with Gasteiger partial charge < -0.3 is 13.9 Å². The van der Waals surface area contributed by atoms with E-state index in [9.17, 15) is 4.79 Å². The average Bonchev–Trinajstić information content (AvgIpc) is 2.34. The molecule has 0 atom stereocenters. The first-order valence-corrected chi connectivity index (χ1v) is 5.85. The van der Waals surface area contributed by atoms with Crippen LogP contribution in [0.3, 0.4) is 0 Å². The summed E-state index contributed by atoms with van der Waals surface area (Å²) in [5.41, 5.74) is 0.0510. The zero-order chi connectivity index (χ0) is 13.1. The molecule has 0 spiro atoms. The van der Waals surface area contributed by atoms with Crippen LogP contribution in [0.5, 0.6) is 11.5 Å². The monoisotopic (exact) mass is 248 g/mol. The topological polar surface area (TPSA) is 48.7 Å².